The fraction of sp³-hybridized carbons (Fsp3) is 0. The minimum atomic E-state index is 0. The van der Waals surface area contributed by atoms with Crippen molar-refractivity contribution in [3.05, 3.63) is 133 Å². The van der Waals surface area contributed by atoms with Gasteiger partial charge in [0.2, 0.25) is 0 Å². The third kappa shape index (κ3) is 6.54. The van der Waals surface area contributed by atoms with Gasteiger partial charge in [-0.05, 0) is 0 Å². The van der Waals surface area contributed by atoms with Crippen LogP contribution in [0.2, 0.25) is 0 Å². The molecular formula is C26H20Cl2Zr. The zero-order valence-corrected chi connectivity index (χ0v) is 19.8. The maximum atomic E-state index is 2.24. The largest absolute Gasteiger partial charge is 4.00 e. The van der Waals surface area contributed by atoms with Gasteiger partial charge in [-0.2, -0.15) is 0 Å². The summed E-state index contributed by atoms with van der Waals surface area (Å²) in [5, 5.41) is 5.39. The van der Waals surface area contributed by atoms with Gasteiger partial charge in [0.1, 0.15) is 0 Å². The Morgan fingerprint density at radius 1 is 0.448 bits per heavy atom. The van der Waals surface area contributed by atoms with Crippen molar-refractivity contribution in [2.24, 2.45) is 0 Å². The van der Waals surface area contributed by atoms with E-state index in [1.807, 2.05) is 12.1 Å². The number of hydrogen-bond donors (Lipinski definition) is 0. The van der Waals surface area contributed by atoms with Crippen LogP contribution in [0.3, 0.4) is 0 Å². The Kier molecular flexibility index (Phi) is 10.9. The predicted octanol–water partition coefficient (Wildman–Crippen LogP) is 1.00. The smallest absolute Gasteiger partial charge is 1.00 e. The predicted molar refractivity (Wildman–Crippen MR) is 112 cm³/mol. The molecule has 0 radical (unpaired) electrons. The van der Waals surface area contributed by atoms with E-state index in [9.17, 15) is 0 Å². The molecule has 0 heterocycles. The van der Waals surface area contributed by atoms with Crippen LogP contribution in [0.1, 0.15) is 11.1 Å². The van der Waals surface area contributed by atoms with E-state index in [-0.39, 0.29) is 51.0 Å². The summed E-state index contributed by atoms with van der Waals surface area (Å²) in [6.07, 6.45) is 2.17. The number of fused-ring (bicyclic) bond motifs is 3. The van der Waals surface area contributed by atoms with Gasteiger partial charge < -0.3 is 24.8 Å². The first kappa shape index (κ1) is 25.1. The van der Waals surface area contributed by atoms with Crippen molar-refractivity contribution in [1.82, 2.24) is 0 Å². The quantitative estimate of drug-likeness (QED) is 0.322. The molecule has 0 fully saturated rings. The molecule has 0 saturated heterocycles. The number of hydrogen-bond acceptors (Lipinski definition) is 0. The fourth-order valence-electron chi connectivity index (χ4n) is 3.19. The molecular weight excluding hydrogens is 474 g/mol. The van der Waals surface area contributed by atoms with Gasteiger partial charge in [0, 0.05) is 0 Å². The Hall–Kier alpha value is -1.92. The Morgan fingerprint density at radius 2 is 0.793 bits per heavy atom. The van der Waals surface area contributed by atoms with Crippen LogP contribution in [0.25, 0.3) is 21.5 Å². The van der Waals surface area contributed by atoms with Crippen molar-refractivity contribution in [2.75, 3.05) is 0 Å². The van der Waals surface area contributed by atoms with E-state index in [0.717, 1.165) is 0 Å². The van der Waals surface area contributed by atoms with E-state index in [1.165, 1.54) is 32.7 Å². The third-order valence-electron chi connectivity index (χ3n) is 4.46. The van der Waals surface area contributed by atoms with Crippen molar-refractivity contribution < 1.29 is 51.0 Å². The average molecular weight is 495 g/mol. The summed E-state index contributed by atoms with van der Waals surface area (Å²) in [5.41, 5.74) is 2.49. The Morgan fingerprint density at radius 3 is 1.21 bits per heavy atom. The second-order valence-corrected chi connectivity index (χ2v) is 6.28. The minimum Gasteiger partial charge on any atom is -1.00 e. The molecule has 142 valence electrons. The molecule has 0 unspecified atom stereocenters. The van der Waals surface area contributed by atoms with E-state index >= 15 is 0 Å². The molecule has 5 aromatic rings. The van der Waals surface area contributed by atoms with Crippen molar-refractivity contribution in [3.8, 4) is 0 Å². The Bertz CT molecular complexity index is 1010. The molecule has 5 aromatic carbocycles. The Balaban J connectivity index is 0.000000263. The normalized spacial score (nSPS) is 9.24. The topological polar surface area (TPSA) is 0 Å². The molecule has 0 aromatic heterocycles. The first-order valence-corrected chi connectivity index (χ1v) is 8.88. The maximum Gasteiger partial charge on any atom is 4.00 e. The minimum absolute atomic E-state index is 0. The summed E-state index contributed by atoms with van der Waals surface area (Å²) in [5.74, 6) is 0. The van der Waals surface area contributed by atoms with Gasteiger partial charge in [-0.25, -0.2) is 0 Å². The zero-order valence-electron chi connectivity index (χ0n) is 15.8. The summed E-state index contributed by atoms with van der Waals surface area (Å²) in [4.78, 5) is 0. The molecule has 29 heavy (non-hydrogen) atoms. The van der Waals surface area contributed by atoms with E-state index in [4.69, 9.17) is 0 Å². The number of halogens is 2. The molecule has 3 heteroatoms. The molecule has 0 aliphatic rings. The fourth-order valence-corrected chi connectivity index (χ4v) is 3.19. The van der Waals surface area contributed by atoms with E-state index < -0.39 is 0 Å². The summed E-state index contributed by atoms with van der Waals surface area (Å²) in [6.45, 7) is 0. The van der Waals surface area contributed by atoms with Crippen molar-refractivity contribution in [2.45, 2.75) is 0 Å². The van der Waals surface area contributed by atoms with Crippen molar-refractivity contribution in [3.63, 3.8) is 0 Å². The SMILES string of the molecule is [Cl-].[Cl-].[Zr+4].c1ccc([CH-]c2ccccc2)cc1.c1ccc2c(c1)[cH-]c1ccccc12. The van der Waals surface area contributed by atoms with Crippen LogP contribution in [0.4, 0.5) is 0 Å². The first-order valence-electron chi connectivity index (χ1n) is 8.88. The van der Waals surface area contributed by atoms with Gasteiger partial charge >= 0.3 is 26.2 Å². The molecule has 0 aliphatic heterocycles. The summed E-state index contributed by atoms with van der Waals surface area (Å²) >= 11 is 0. The number of benzene rings is 4. The molecule has 0 nitrogen and oxygen atoms in total. The third-order valence-corrected chi connectivity index (χ3v) is 4.46. The van der Waals surface area contributed by atoms with E-state index in [2.05, 4.69) is 110 Å². The molecule has 0 saturated carbocycles. The van der Waals surface area contributed by atoms with Crippen molar-refractivity contribution in [1.29, 1.82) is 0 Å². The molecule has 0 amide bonds. The van der Waals surface area contributed by atoms with E-state index in [1.54, 1.807) is 0 Å². The Labute approximate surface area is 204 Å². The molecule has 5 rings (SSSR count). The number of rotatable bonds is 2. The van der Waals surface area contributed by atoms with Crippen LogP contribution in [-0.4, -0.2) is 0 Å². The molecule has 0 bridgehead atoms. The molecule has 0 N–H and O–H groups in total. The van der Waals surface area contributed by atoms with Gasteiger partial charge in [0.25, 0.3) is 0 Å². The van der Waals surface area contributed by atoms with Crippen LogP contribution in [0, 0.1) is 6.42 Å². The van der Waals surface area contributed by atoms with Gasteiger partial charge in [-0.15, -0.1) is 81.6 Å². The van der Waals surface area contributed by atoms with Gasteiger partial charge in [0.15, 0.2) is 0 Å². The summed E-state index contributed by atoms with van der Waals surface area (Å²) in [6, 6.07) is 40.0. The van der Waals surface area contributed by atoms with Crippen LogP contribution in [0.5, 0.6) is 0 Å². The standard InChI is InChI=1S/C13H9.C13H11.2ClH.Zr/c1-3-7-12-10(5-1)9-11-6-2-4-8-13(11)12;1-3-7-12(8-4-1)11-13-9-5-2-6-10-13;;;/h1-9H;1-11H;2*1H;/q2*-1;;;+4/p-2. The molecule has 0 aliphatic carbocycles. The molecule has 0 spiro atoms. The summed E-state index contributed by atoms with van der Waals surface area (Å²) in [7, 11) is 0. The van der Waals surface area contributed by atoms with Crippen LogP contribution >= 0.6 is 0 Å². The second kappa shape index (κ2) is 12.6. The van der Waals surface area contributed by atoms with Crippen LogP contribution in [-0.2, 0) is 26.2 Å². The average Bonchev–Trinajstić information content (AvgIpc) is 3.09. The monoisotopic (exact) mass is 492 g/mol. The zero-order chi connectivity index (χ0) is 17.6. The van der Waals surface area contributed by atoms with Gasteiger partial charge in [-0.1, -0.05) is 72.8 Å². The van der Waals surface area contributed by atoms with Crippen LogP contribution < -0.4 is 24.8 Å². The molecule has 0 atom stereocenters. The van der Waals surface area contributed by atoms with Crippen LogP contribution in [0.15, 0.2) is 115 Å². The summed E-state index contributed by atoms with van der Waals surface area (Å²) < 4.78 is 0. The maximum absolute atomic E-state index is 2.24. The second-order valence-electron chi connectivity index (χ2n) is 6.28. The van der Waals surface area contributed by atoms with Gasteiger partial charge in [-0.3, -0.25) is 0 Å². The van der Waals surface area contributed by atoms with Crippen molar-refractivity contribution >= 4 is 21.5 Å². The van der Waals surface area contributed by atoms with Gasteiger partial charge in [0.05, 0.1) is 0 Å². The first-order chi connectivity index (χ1) is 12.9. The van der Waals surface area contributed by atoms with E-state index in [0.29, 0.717) is 0 Å².